The Labute approximate surface area is 123 Å². The van der Waals surface area contributed by atoms with E-state index in [2.05, 4.69) is 10.1 Å². The predicted molar refractivity (Wildman–Crippen MR) is 69.8 cm³/mol. The molecule has 0 bridgehead atoms. The number of nitrogens with zero attached hydrogens (tertiary/aromatic N) is 3. The van der Waals surface area contributed by atoms with E-state index in [1.807, 2.05) is 11.3 Å². The van der Waals surface area contributed by atoms with E-state index in [0.717, 1.165) is 6.20 Å². The number of nitrogens with two attached hydrogens (primary N) is 1. The van der Waals surface area contributed by atoms with E-state index in [0.29, 0.717) is 4.68 Å². The van der Waals surface area contributed by atoms with Crippen molar-refractivity contribution in [3.05, 3.63) is 16.7 Å². The molecule has 10 heteroatoms. The maximum Gasteiger partial charge on any atom is 0.368 e. The van der Waals surface area contributed by atoms with Gasteiger partial charge in [-0.1, -0.05) is 0 Å². The second-order valence-electron chi connectivity index (χ2n) is 4.53. The maximum absolute atomic E-state index is 14.9. The van der Waals surface area contributed by atoms with Crippen LogP contribution in [0.2, 0.25) is 0 Å². The number of hydrogen-bond donors (Lipinski definition) is 3. The van der Waals surface area contributed by atoms with Crippen molar-refractivity contribution in [1.29, 1.82) is 0 Å². The molecule has 0 aromatic carbocycles. The van der Waals surface area contributed by atoms with Gasteiger partial charge in [0.1, 0.15) is 18.0 Å². The molecule has 2 heterocycles. The standard InChI is InChI=1S/C11H12ClFN4O4/c1-5(18)7-8(19)11(13,2-3-12)9(21-7)17-10(20)16-6(14)4-15-17/h4-5,7-9,18-19H,1H3,(H2,14,16,20)/t5-,7+,8-,9+,11?/m0/s1. The quantitative estimate of drug-likeness (QED) is 0.583. The Morgan fingerprint density at radius 1 is 1.71 bits per heavy atom. The molecule has 0 spiro atoms. The smallest absolute Gasteiger partial charge is 0.368 e. The number of aromatic nitrogens is 3. The van der Waals surface area contributed by atoms with Gasteiger partial charge < -0.3 is 20.7 Å². The summed E-state index contributed by atoms with van der Waals surface area (Å²) in [6.45, 7) is 1.29. The maximum atomic E-state index is 14.9. The molecule has 0 radical (unpaired) electrons. The zero-order valence-corrected chi connectivity index (χ0v) is 11.5. The molecule has 1 saturated heterocycles. The van der Waals surface area contributed by atoms with Gasteiger partial charge in [-0.05, 0) is 24.4 Å². The van der Waals surface area contributed by atoms with Gasteiger partial charge in [0.05, 0.1) is 12.3 Å². The summed E-state index contributed by atoms with van der Waals surface area (Å²) >= 11 is 5.21. The van der Waals surface area contributed by atoms with Crippen molar-refractivity contribution in [3.8, 4) is 11.3 Å². The van der Waals surface area contributed by atoms with Gasteiger partial charge in [-0.3, -0.25) is 0 Å². The van der Waals surface area contributed by atoms with Crippen molar-refractivity contribution in [2.45, 2.75) is 37.1 Å². The van der Waals surface area contributed by atoms with Crippen LogP contribution in [-0.2, 0) is 4.74 Å². The minimum absolute atomic E-state index is 0.158. The Morgan fingerprint density at radius 3 is 2.90 bits per heavy atom. The fourth-order valence-electron chi connectivity index (χ4n) is 2.05. The number of halogens is 2. The van der Waals surface area contributed by atoms with Crippen LogP contribution in [0, 0.1) is 11.3 Å². The van der Waals surface area contributed by atoms with Gasteiger partial charge in [-0.25, -0.2) is 9.18 Å². The third-order valence-electron chi connectivity index (χ3n) is 3.06. The number of hydrogen-bond acceptors (Lipinski definition) is 7. The lowest BCUT2D eigenvalue weighted by Crippen LogP contribution is -2.46. The SMILES string of the molecule is C[C@H](O)[C@H]1O[C@@H](n2ncc(N)nc2=O)C(F)(C#CCl)[C@H]1O. The van der Waals surface area contributed by atoms with Gasteiger partial charge in [0, 0.05) is 5.38 Å². The summed E-state index contributed by atoms with van der Waals surface area (Å²) < 4.78 is 20.7. The zero-order valence-electron chi connectivity index (χ0n) is 10.8. The van der Waals surface area contributed by atoms with Crippen LogP contribution in [0.25, 0.3) is 0 Å². The summed E-state index contributed by atoms with van der Waals surface area (Å²) in [6, 6.07) is 0. The van der Waals surface area contributed by atoms with Crippen LogP contribution >= 0.6 is 11.6 Å². The van der Waals surface area contributed by atoms with E-state index in [-0.39, 0.29) is 5.82 Å². The van der Waals surface area contributed by atoms with Crippen LogP contribution < -0.4 is 11.4 Å². The third-order valence-corrected chi connectivity index (χ3v) is 3.15. The molecule has 1 fully saturated rings. The number of aliphatic hydroxyl groups is 2. The fraction of sp³-hybridized carbons (Fsp3) is 0.545. The molecule has 21 heavy (non-hydrogen) atoms. The van der Waals surface area contributed by atoms with Crippen molar-refractivity contribution in [3.63, 3.8) is 0 Å². The number of rotatable bonds is 2. The fourth-order valence-corrected chi connectivity index (χ4v) is 2.20. The Morgan fingerprint density at radius 2 is 2.38 bits per heavy atom. The van der Waals surface area contributed by atoms with Crippen molar-refractivity contribution in [1.82, 2.24) is 14.8 Å². The lowest BCUT2D eigenvalue weighted by atomic mass is 9.95. The molecule has 0 aliphatic carbocycles. The number of alkyl halides is 1. The highest BCUT2D eigenvalue weighted by atomic mass is 35.5. The molecule has 5 atom stereocenters. The summed E-state index contributed by atoms with van der Waals surface area (Å²) in [7, 11) is 0. The highest BCUT2D eigenvalue weighted by Gasteiger charge is 2.59. The largest absolute Gasteiger partial charge is 0.391 e. The molecule has 8 nitrogen and oxygen atoms in total. The van der Waals surface area contributed by atoms with Crippen LogP contribution in [0.4, 0.5) is 10.2 Å². The van der Waals surface area contributed by atoms with Crippen LogP contribution in [0.3, 0.4) is 0 Å². The van der Waals surface area contributed by atoms with Crippen LogP contribution in [0.1, 0.15) is 13.2 Å². The average molecular weight is 319 g/mol. The van der Waals surface area contributed by atoms with Gasteiger partial charge in [0.25, 0.3) is 0 Å². The minimum Gasteiger partial charge on any atom is -0.391 e. The normalized spacial score (nSPS) is 33.3. The first-order valence-electron chi connectivity index (χ1n) is 5.86. The van der Waals surface area contributed by atoms with Crippen molar-refractivity contribution < 1.29 is 19.3 Å². The van der Waals surface area contributed by atoms with Crippen molar-refractivity contribution >= 4 is 17.4 Å². The zero-order chi connectivity index (χ0) is 15.8. The van der Waals surface area contributed by atoms with Crippen molar-refractivity contribution in [2.24, 2.45) is 0 Å². The molecule has 2 rings (SSSR count). The average Bonchev–Trinajstić information content (AvgIpc) is 2.64. The lowest BCUT2D eigenvalue weighted by Gasteiger charge is -2.22. The minimum atomic E-state index is -2.74. The molecule has 1 unspecified atom stereocenters. The molecule has 114 valence electrons. The summed E-state index contributed by atoms with van der Waals surface area (Å²) in [4.78, 5) is 15.1. The van der Waals surface area contributed by atoms with E-state index in [9.17, 15) is 19.4 Å². The molecule has 4 N–H and O–H groups in total. The number of nitrogen functional groups attached to an aromatic ring is 1. The Bertz CT molecular complexity index is 658. The van der Waals surface area contributed by atoms with Gasteiger partial charge in [0.2, 0.25) is 11.9 Å². The van der Waals surface area contributed by atoms with E-state index in [1.165, 1.54) is 6.92 Å². The first-order valence-corrected chi connectivity index (χ1v) is 6.23. The van der Waals surface area contributed by atoms with Crippen LogP contribution in [-0.4, -0.2) is 49.0 Å². The molecular weight excluding hydrogens is 307 g/mol. The highest BCUT2D eigenvalue weighted by molar-refractivity contribution is 6.30. The number of aliphatic hydroxyl groups excluding tert-OH is 2. The summed E-state index contributed by atoms with van der Waals surface area (Å²) in [5, 5.41) is 24.9. The summed E-state index contributed by atoms with van der Waals surface area (Å²) in [5.41, 5.74) is 1.57. The van der Waals surface area contributed by atoms with Crippen LogP contribution in [0.15, 0.2) is 11.0 Å². The van der Waals surface area contributed by atoms with E-state index in [4.69, 9.17) is 22.1 Å². The van der Waals surface area contributed by atoms with E-state index >= 15 is 0 Å². The molecule has 0 amide bonds. The summed E-state index contributed by atoms with van der Waals surface area (Å²) in [5.74, 6) is 1.79. The van der Waals surface area contributed by atoms with Gasteiger partial charge in [0.15, 0.2) is 0 Å². The lowest BCUT2D eigenvalue weighted by molar-refractivity contribution is -0.0849. The van der Waals surface area contributed by atoms with Crippen LogP contribution in [0.5, 0.6) is 0 Å². The molecular formula is C11H12ClFN4O4. The highest BCUT2D eigenvalue weighted by Crippen LogP contribution is 2.41. The first-order chi connectivity index (χ1) is 9.81. The molecule has 1 aliphatic heterocycles. The topological polar surface area (TPSA) is 123 Å². The van der Waals surface area contributed by atoms with Gasteiger partial charge in [-0.2, -0.15) is 14.8 Å². The number of ether oxygens (including phenoxy) is 1. The second-order valence-corrected chi connectivity index (χ2v) is 4.72. The Balaban J connectivity index is 2.54. The second kappa shape index (κ2) is 5.57. The third kappa shape index (κ3) is 2.58. The van der Waals surface area contributed by atoms with E-state index in [1.54, 1.807) is 0 Å². The Kier molecular flexibility index (Phi) is 4.15. The molecule has 1 aromatic rings. The van der Waals surface area contributed by atoms with Gasteiger partial charge >= 0.3 is 5.69 Å². The van der Waals surface area contributed by atoms with E-state index < -0.39 is 35.9 Å². The summed E-state index contributed by atoms with van der Waals surface area (Å²) in [6.07, 6.45) is -5.07. The monoisotopic (exact) mass is 318 g/mol. The predicted octanol–water partition coefficient (Wildman–Crippen LogP) is -1.23. The van der Waals surface area contributed by atoms with Crippen molar-refractivity contribution in [2.75, 3.05) is 5.73 Å². The number of anilines is 1. The first kappa shape index (κ1) is 15.7. The van der Waals surface area contributed by atoms with Gasteiger partial charge in [-0.15, -0.1) is 0 Å². The molecule has 1 aromatic heterocycles. The molecule has 1 aliphatic rings. The Hall–Kier alpha value is -1.73. The molecule has 0 saturated carbocycles.